The van der Waals surface area contributed by atoms with Crippen molar-refractivity contribution in [2.24, 2.45) is 0 Å². The molecule has 0 unspecified atom stereocenters. The van der Waals surface area contributed by atoms with Crippen LogP contribution in [0.4, 0.5) is 33.6 Å². The number of hydrogen-bond donors (Lipinski definition) is 0. The second kappa shape index (κ2) is 12.9. The molecule has 0 aromatic carbocycles. The molecule has 0 bridgehead atoms. The van der Waals surface area contributed by atoms with Crippen molar-refractivity contribution in [3.05, 3.63) is 0 Å². The van der Waals surface area contributed by atoms with Crippen molar-refractivity contribution in [2.75, 3.05) is 0 Å². The fourth-order valence-electron chi connectivity index (χ4n) is 0. The van der Waals surface area contributed by atoms with Gasteiger partial charge in [0, 0.05) is 0 Å². The average molecular weight is 432 g/mol. The van der Waals surface area contributed by atoms with Crippen LogP contribution in [0.1, 0.15) is 0 Å². The maximum atomic E-state index is 10.0. The van der Waals surface area contributed by atoms with Crippen molar-refractivity contribution in [1.29, 1.82) is 0 Å². The molecule has 0 N–H and O–H groups in total. The van der Waals surface area contributed by atoms with Crippen LogP contribution in [0.25, 0.3) is 0 Å². The van der Waals surface area contributed by atoms with Crippen molar-refractivity contribution in [2.45, 2.75) is 0 Å². The Morgan fingerprint density at radius 3 is 0.429 bits per heavy atom. The fraction of sp³-hybridized carbons (Fsp3) is 0. The monoisotopic (exact) mass is 432 g/mol. The predicted octanol–water partition coefficient (Wildman–Crippen LogP) is 1.19. The average Bonchev–Trinajstić information content (AvgIpc) is 1.62. The fourth-order valence-corrected chi connectivity index (χ4v) is 0. The van der Waals surface area contributed by atoms with E-state index in [2.05, 4.69) is 0 Å². The van der Waals surface area contributed by atoms with E-state index in [0.717, 1.165) is 0 Å². The molecule has 0 aliphatic carbocycles. The van der Waals surface area contributed by atoms with Gasteiger partial charge in [-0.3, -0.25) is 18.3 Å². The summed E-state index contributed by atoms with van der Waals surface area (Å²) in [5.74, 6) is 0. The quantitative estimate of drug-likeness (QED) is 0.314. The van der Waals surface area contributed by atoms with E-state index in [1.54, 1.807) is 0 Å². The number of rotatable bonds is 0. The molecule has 0 atom stereocenters. The Morgan fingerprint density at radius 1 is 0.429 bits per heavy atom. The minimum Gasteiger partial charge on any atom is -0.749 e. The zero-order valence-electron chi connectivity index (χ0n) is 8.58. The van der Waals surface area contributed by atoms with E-state index in [9.17, 15) is 33.6 Å². The first-order valence-electron chi connectivity index (χ1n) is 2.81. The zero-order valence-corrected chi connectivity index (χ0v) is 13.2. The van der Waals surface area contributed by atoms with Crippen LogP contribution in [0.15, 0.2) is 0 Å². The van der Waals surface area contributed by atoms with Gasteiger partial charge in [0.25, 0.3) is 0 Å². The Morgan fingerprint density at radius 2 is 0.429 bits per heavy atom. The van der Waals surface area contributed by atoms with E-state index in [-0.39, 0.29) is 11.0 Å². The maximum absolute atomic E-state index is 10.0. The van der Waals surface area contributed by atoms with Crippen LogP contribution in [0.5, 0.6) is 0 Å². The summed E-state index contributed by atoms with van der Waals surface area (Å²) in [5, 5.41) is 0. The van der Waals surface area contributed by atoms with Crippen molar-refractivity contribution in [1.82, 2.24) is 0 Å². The number of hydrogen-bond acceptors (Lipinski definition) is 8. The van der Waals surface area contributed by atoms with E-state index in [1.807, 2.05) is 0 Å². The first-order chi connectivity index (χ1) is 8.00. The van der Waals surface area contributed by atoms with Crippen molar-refractivity contribution < 1.29 is 71.4 Å². The molecule has 0 spiro atoms. The second-order valence-corrected chi connectivity index (χ2v) is 4.97. The smallest absolute Gasteiger partial charge is 0.749 e. The summed E-state index contributed by atoms with van der Waals surface area (Å²) < 4.78 is 113. The molecule has 0 rings (SSSR count). The molecular weight excluding hydrogens is 432 g/mol. The minimum atomic E-state index is -5.89. The van der Waals surface area contributed by atoms with Gasteiger partial charge >= 0.3 is 42.9 Å². The molecule has 128 valence electrons. The molecule has 0 aliphatic rings. The molecule has 0 aromatic heterocycles. The van der Waals surface area contributed by atoms with Crippen LogP contribution < -0.4 is 19.6 Å². The topological polar surface area (TPSA) is 161 Å². The van der Waals surface area contributed by atoms with Gasteiger partial charge in [0.05, 0.1) is 0 Å². The van der Waals surface area contributed by atoms with Crippen molar-refractivity contribution in [3.63, 3.8) is 0 Å². The second-order valence-electron chi connectivity index (χ2n) is 1.66. The van der Waals surface area contributed by atoms with Crippen LogP contribution >= 0.6 is 32.0 Å². The Kier molecular flexibility index (Phi) is 20.4. The molecule has 21 heteroatoms. The maximum Gasteiger partial charge on any atom is 4.00 e. The van der Waals surface area contributed by atoms with E-state index in [4.69, 9.17) is 37.8 Å². The van der Waals surface area contributed by atoms with Crippen LogP contribution in [0.2, 0.25) is 0 Å². The van der Waals surface area contributed by atoms with Crippen molar-refractivity contribution in [3.8, 4) is 0 Å². The van der Waals surface area contributed by atoms with E-state index >= 15 is 0 Å². The summed E-state index contributed by atoms with van der Waals surface area (Å²) in [7, 11) is -23.6. The molecule has 0 saturated carbocycles. The first-order valence-corrected chi connectivity index (χ1v) is 8.44. The molecule has 0 saturated heterocycles. The van der Waals surface area contributed by atoms with Gasteiger partial charge in [0.2, 0.25) is 0 Å². The Hall–Kier alpha value is 0.417. The van der Waals surface area contributed by atoms with Gasteiger partial charge in [-0.2, -0.15) is 33.6 Å². The van der Waals surface area contributed by atoms with Crippen LogP contribution in [-0.4, -0.2) is 11.0 Å². The Balaban J connectivity index is -0.0000000533. The normalized spacial score (nSPS) is 11.2. The Labute approximate surface area is 115 Å². The van der Waals surface area contributed by atoms with E-state index in [0.29, 0.717) is 0 Å². The summed E-state index contributed by atoms with van der Waals surface area (Å²) in [6.45, 7) is 0. The predicted molar refractivity (Wildman–Crippen MR) is 45.0 cm³/mol. The van der Waals surface area contributed by atoms with Crippen LogP contribution in [-0.2, 0) is 18.3 Å². The van der Waals surface area contributed by atoms with Gasteiger partial charge in [-0.1, -0.05) is 0 Å². The SMILES string of the molecule is O=P([O-])(F)F.O=P([O-])(F)F.O=P([O-])(F)F.O=P([O-])(F)F.[Si+4]. The first kappa shape index (κ1) is 33.1. The molecule has 21 heavy (non-hydrogen) atoms. The third-order valence-corrected chi connectivity index (χ3v) is 0. The molecule has 0 aromatic rings. The molecule has 8 nitrogen and oxygen atoms in total. The summed E-state index contributed by atoms with van der Waals surface area (Å²) in [6, 6.07) is 0. The summed E-state index contributed by atoms with van der Waals surface area (Å²) in [4.78, 5) is 33.3. The van der Waals surface area contributed by atoms with Crippen LogP contribution in [0.3, 0.4) is 0 Å². The van der Waals surface area contributed by atoms with Crippen molar-refractivity contribution >= 4 is 42.9 Å². The third kappa shape index (κ3) is 39800. The molecule has 0 fully saturated rings. The van der Waals surface area contributed by atoms with Gasteiger partial charge < -0.3 is 19.6 Å². The summed E-state index contributed by atoms with van der Waals surface area (Å²) in [6.07, 6.45) is 0. The van der Waals surface area contributed by atoms with Gasteiger partial charge in [-0.25, -0.2) is 0 Å². The zero-order chi connectivity index (χ0) is 18.0. The van der Waals surface area contributed by atoms with Gasteiger partial charge in [0.1, 0.15) is 0 Å². The standard InChI is InChI=1S/4F2HO2P.Si/c4*1-5(2,3)4;/h4*(H,3,4);/q;;;;+4/p-4. The van der Waals surface area contributed by atoms with Gasteiger partial charge in [0.15, 0.2) is 0 Å². The van der Waals surface area contributed by atoms with Crippen LogP contribution in [0, 0.1) is 0 Å². The molecular formula is F8O8P4Si. The largest absolute Gasteiger partial charge is 4.00 e. The molecule has 0 heterocycles. The molecule has 0 aliphatic heterocycles. The minimum absolute atomic E-state index is 0. The van der Waals surface area contributed by atoms with Gasteiger partial charge in [-0.15, -0.1) is 0 Å². The Bertz CT molecular complexity index is 301. The van der Waals surface area contributed by atoms with Gasteiger partial charge in [-0.05, 0) is 0 Å². The summed E-state index contributed by atoms with van der Waals surface area (Å²) >= 11 is 0. The molecule has 0 amide bonds. The van der Waals surface area contributed by atoms with E-state index in [1.165, 1.54) is 0 Å². The number of halogens is 8. The third-order valence-electron chi connectivity index (χ3n) is 0. The van der Waals surface area contributed by atoms with E-state index < -0.39 is 32.0 Å². The molecule has 0 radical (unpaired) electrons. The summed E-state index contributed by atoms with van der Waals surface area (Å²) in [5.41, 5.74) is 0.